The predicted octanol–water partition coefficient (Wildman–Crippen LogP) is 1.96. The molecule has 0 amide bonds. The van der Waals surface area contributed by atoms with Gasteiger partial charge in [-0.1, -0.05) is 48.9 Å². The topological polar surface area (TPSA) is 92.3 Å². The molecule has 0 fully saturated rings. The Bertz CT molecular complexity index is 937. The molecule has 0 bridgehead atoms. The predicted molar refractivity (Wildman–Crippen MR) is 103 cm³/mol. The van der Waals surface area contributed by atoms with Crippen LogP contribution in [0.1, 0.15) is 23.6 Å². The molecule has 142 valence electrons. The van der Waals surface area contributed by atoms with E-state index in [-0.39, 0.29) is 17.2 Å². The zero-order valence-corrected chi connectivity index (χ0v) is 16.5. The molecule has 2 aromatic carbocycles. The molecule has 2 rings (SSSR count). The van der Waals surface area contributed by atoms with E-state index in [4.69, 9.17) is 0 Å². The normalized spacial score (nSPS) is 12.2. The summed E-state index contributed by atoms with van der Waals surface area (Å²) in [5, 5.41) is 0. The number of sulfonamides is 2. The van der Waals surface area contributed by atoms with Crippen LogP contribution >= 0.6 is 0 Å². The second-order valence-corrected chi connectivity index (χ2v) is 9.61. The van der Waals surface area contributed by atoms with E-state index in [1.54, 1.807) is 25.1 Å². The smallest absolute Gasteiger partial charge is 0.215 e. The number of nitrogens with one attached hydrogen (secondary N) is 2. The van der Waals surface area contributed by atoms with Crippen LogP contribution in [0.25, 0.3) is 0 Å². The quantitative estimate of drug-likeness (QED) is 0.678. The summed E-state index contributed by atoms with van der Waals surface area (Å²) in [7, 11) is -6.89. The van der Waals surface area contributed by atoms with E-state index >= 15 is 0 Å². The van der Waals surface area contributed by atoms with Crippen LogP contribution in [0.5, 0.6) is 0 Å². The molecule has 0 unspecified atom stereocenters. The van der Waals surface area contributed by atoms with Crippen LogP contribution < -0.4 is 9.44 Å². The van der Waals surface area contributed by atoms with E-state index in [0.717, 1.165) is 16.7 Å². The Hall–Kier alpha value is -1.74. The summed E-state index contributed by atoms with van der Waals surface area (Å²) in [6.45, 7) is 4.22. The highest BCUT2D eigenvalue weighted by Gasteiger charge is 2.13. The zero-order chi connectivity index (χ0) is 19.2. The number of rotatable bonds is 9. The Morgan fingerprint density at radius 3 is 2.19 bits per heavy atom. The van der Waals surface area contributed by atoms with Gasteiger partial charge in [0.25, 0.3) is 0 Å². The van der Waals surface area contributed by atoms with Crippen LogP contribution in [0.2, 0.25) is 0 Å². The molecule has 2 aromatic rings. The lowest BCUT2D eigenvalue weighted by Crippen LogP contribution is -2.27. The third-order valence-corrected chi connectivity index (χ3v) is 6.66. The van der Waals surface area contributed by atoms with Crippen molar-refractivity contribution in [3.63, 3.8) is 0 Å². The van der Waals surface area contributed by atoms with Gasteiger partial charge in [-0.25, -0.2) is 26.3 Å². The average Bonchev–Trinajstić information content (AvgIpc) is 2.54. The van der Waals surface area contributed by atoms with Crippen molar-refractivity contribution < 1.29 is 16.8 Å². The molecule has 0 aliphatic heterocycles. The van der Waals surface area contributed by atoms with Crippen molar-refractivity contribution in [2.45, 2.75) is 30.9 Å². The van der Waals surface area contributed by atoms with Crippen LogP contribution in [0.4, 0.5) is 0 Å². The summed E-state index contributed by atoms with van der Waals surface area (Å²) in [5.41, 5.74) is 2.62. The van der Waals surface area contributed by atoms with Crippen LogP contribution in [-0.4, -0.2) is 29.9 Å². The van der Waals surface area contributed by atoms with Crippen LogP contribution in [0.15, 0.2) is 53.4 Å². The molecule has 0 atom stereocenters. The minimum Gasteiger partial charge on any atom is -0.215 e. The third kappa shape index (κ3) is 6.21. The maximum absolute atomic E-state index is 12.2. The largest absolute Gasteiger partial charge is 0.240 e. The second-order valence-electron chi connectivity index (χ2n) is 6.04. The van der Waals surface area contributed by atoms with Gasteiger partial charge in [0.15, 0.2) is 0 Å². The molecule has 2 N–H and O–H groups in total. The fourth-order valence-corrected chi connectivity index (χ4v) is 4.71. The Kier molecular flexibility index (Phi) is 6.94. The second kappa shape index (κ2) is 8.77. The van der Waals surface area contributed by atoms with Crippen LogP contribution in [-0.2, 0) is 32.2 Å². The van der Waals surface area contributed by atoms with Crippen molar-refractivity contribution >= 4 is 20.0 Å². The van der Waals surface area contributed by atoms with Crippen molar-refractivity contribution in [1.29, 1.82) is 0 Å². The van der Waals surface area contributed by atoms with E-state index in [0.29, 0.717) is 13.0 Å². The lowest BCUT2D eigenvalue weighted by atomic mass is 10.2. The first kappa shape index (κ1) is 20.6. The van der Waals surface area contributed by atoms with Crippen LogP contribution in [0, 0.1) is 6.92 Å². The van der Waals surface area contributed by atoms with Crippen molar-refractivity contribution in [1.82, 2.24) is 9.44 Å². The first-order valence-corrected chi connectivity index (χ1v) is 11.5. The monoisotopic (exact) mass is 396 g/mol. The molecule has 0 aliphatic carbocycles. The Balaban J connectivity index is 1.91. The molecule has 0 spiro atoms. The summed E-state index contributed by atoms with van der Waals surface area (Å²) >= 11 is 0. The molecular weight excluding hydrogens is 372 g/mol. The van der Waals surface area contributed by atoms with E-state index in [1.165, 1.54) is 12.1 Å². The SMILES string of the molecule is CCNS(=O)(=O)c1ccc(CCNS(=O)(=O)Cc2cccc(C)c2)cc1. The molecule has 0 radical (unpaired) electrons. The van der Waals surface area contributed by atoms with Gasteiger partial charge in [-0.3, -0.25) is 0 Å². The molecule has 26 heavy (non-hydrogen) atoms. The lowest BCUT2D eigenvalue weighted by Gasteiger charge is -2.08. The van der Waals surface area contributed by atoms with Gasteiger partial charge in [-0.15, -0.1) is 0 Å². The summed E-state index contributed by atoms with van der Waals surface area (Å²) in [6, 6.07) is 13.8. The molecule has 0 aromatic heterocycles. The highest BCUT2D eigenvalue weighted by molar-refractivity contribution is 7.89. The summed E-state index contributed by atoms with van der Waals surface area (Å²) < 4.78 is 53.1. The molecule has 0 heterocycles. The average molecular weight is 397 g/mol. The van der Waals surface area contributed by atoms with E-state index in [1.807, 2.05) is 25.1 Å². The first-order chi connectivity index (χ1) is 12.2. The highest BCUT2D eigenvalue weighted by Crippen LogP contribution is 2.11. The molecule has 0 saturated carbocycles. The lowest BCUT2D eigenvalue weighted by molar-refractivity contribution is 0.580. The van der Waals surface area contributed by atoms with Gasteiger partial charge in [0, 0.05) is 13.1 Å². The minimum absolute atomic E-state index is 0.0610. The van der Waals surface area contributed by atoms with Crippen molar-refractivity contribution in [2.75, 3.05) is 13.1 Å². The standard InChI is InChI=1S/C18H24N2O4S2/c1-3-19-26(23,24)18-9-7-16(8-10-18)11-12-20-25(21,22)14-17-6-4-5-15(2)13-17/h4-10,13,19-20H,3,11-12,14H2,1-2H3. The van der Waals surface area contributed by atoms with E-state index < -0.39 is 20.0 Å². The van der Waals surface area contributed by atoms with Crippen molar-refractivity contribution in [3.05, 3.63) is 65.2 Å². The van der Waals surface area contributed by atoms with Gasteiger partial charge in [-0.05, 0) is 36.6 Å². The molecular formula is C18H24N2O4S2. The molecule has 0 aliphatic rings. The van der Waals surface area contributed by atoms with E-state index in [9.17, 15) is 16.8 Å². The van der Waals surface area contributed by atoms with Crippen LogP contribution in [0.3, 0.4) is 0 Å². The van der Waals surface area contributed by atoms with Crippen molar-refractivity contribution in [3.8, 4) is 0 Å². The number of benzene rings is 2. The third-order valence-electron chi connectivity index (χ3n) is 3.74. The van der Waals surface area contributed by atoms with Gasteiger partial charge in [0.2, 0.25) is 20.0 Å². The number of aryl methyl sites for hydroxylation is 1. The Morgan fingerprint density at radius 1 is 0.885 bits per heavy atom. The zero-order valence-electron chi connectivity index (χ0n) is 14.9. The van der Waals surface area contributed by atoms with Gasteiger partial charge >= 0.3 is 0 Å². The number of hydrogen-bond donors (Lipinski definition) is 2. The molecule has 8 heteroatoms. The van der Waals surface area contributed by atoms with Gasteiger partial charge < -0.3 is 0 Å². The Morgan fingerprint density at radius 2 is 1.58 bits per heavy atom. The van der Waals surface area contributed by atoms with Gasteiger partial charge in [-0.2, -0.15) is 0 Å². The van der Waals surface area contributed by atoms with Gasteiger partial charge in [0.05, 0.1) is 10.6 Å². The fraction of sp³-hybridized carbons (Fsp3) is 0.333. The summed E-state index contributed by atoms with van der Waals surface area (Å²) in [5.74, 6) is -0.0610. The fourth-order valence-electron chi connectivity index (χ4n) is 2.53. The number of hydrogen-bond acceptors (Lipinski definition) is 4. The van der Waals surface area contributed by atoms with E-state index in [2.05, 4.69) is 9.44 Å². The highest BCUT2D eigenvalue weighted by atomic mass is 32.2. The Labute approximate surface area is 155 Å². The van der Waals surface area contributed by atoms with Gasteiger partial charge in [0.1, 0.15) is 0 Å². The van der Waals surface area contributed by atoms with Crippen molar-refractivity contribution in [2.24, 2.45) is 0 Å². The molecule has 0 saturated heterocycles. The molecule has 6 nitrogen and oxygen atoms in total. The first-order valence-electron chi connectivity index (χ1n) is 8.33. The minimum atomic E-state index is -3.47. The maximum Gasteiger partial charge on any atom is 0.240 e. The maximum atomic E-state index is 12.2. The summed E-state index contributed by atoms with van der Waals surface area (Å²) in [4.78, 5) is 0.197. The summed E-state index contributed by atoms with van der Waals surface area (Å²) in [6.07, 6.45) is 0.481.